The summed E-state index contributed by atoms with van der Waals surface area (Å²) in [6.07, 6.45) is 3.26. The molecular formula is C10H9ClN4OS. The van der Waals surface area contributed by atoms with Gasteiger partial charge >= 0.3 is 6.26 Å². The average Bonchev–Trinajstić information content (AvgIpc) is 2.77. The van der Waals surface area contributed by atoms with Gasteiger partial charge in [-0.05, 0) is 16.8 Å². The molecule has 1 saturated heterocycles. The lowest BCUT2D eigenvalue weighted by atomic mass is 10.3. The smallest absolute Gasteiger partial charge is 0.316 e. The molecule has 1 aliphatic heterocycles. The van der Waals surface area contributed by atoms with Gasteiger partial charge in [-0.25, -0.2) is 4.98 Å². The molecule has 0 aromatic carbocycles. The third-order valence-electron chi connectivity index (χ3n) is 2.19. The lowest BCUT2D eigenvalue weighted by molar-refractivity contribution is 0.281. The van der Waals surface area contributed by atoms with Crippen molar-refractivity contribution in [2.24, 2.45) is 5.16 Å². The molecule has 0 atom stereocenters. The SMILES string of the molecule is N#CON=C1SCCN1Cc1ccc(Cl)nc1. The van der Waals surface area contributed by atoms with Crippen LogP contribution in [0, 0.1) is 11.5 Å². The van der Waals surface area contributed by atoms with Crippen molar-refractivity contribution < 1.29 is 4.84 Å². The van der Waals surface area contributed by atoms with Crippen molar-refractivity contribution >= 4 is 28.5 Å². The van der Waals surface area contributed by atoms with E-state index in [-0.39, 0.29) is 0 Å². The fourth-order valence-electron chi connectivity index (χ4n) is 1.44. The van der Waals surface area contributed by atoms with E-state index in [2.05, 4.69) is 15.0 Å². The third-order valence-corrected chi connectivity index (χ3v) is 3.39. The second-order valence-electron chi connectivity index (χ2n) is 3.32. The van der Waals surface area contributed by atoms with Gasteiger partial charge in [-0.3, -0.25) is 4.84 Å². The van der Waals surface area contributed by atoms with E-state index in [4.69, 9.17) is 16.9 Å². The predicted molar refractivity (Wildman–Crippen MR) is 66.2 cm³/mol. The summed E-state index contributed by atoms with van der Waals surface area (Å²) in [6, 6.07) is 3.67. The Bertz CT molecular complexity index is 456. The van der Waals surface area contributed by atoms with Crippen molar-refractivity contribution in [2.75, 3.05) is 12.3 Å². The van der Waals surface area contributed by atoms with Crippen molar-refractivity contribution in [3.63, 3.8) is 0 Å². The molecular weight excluding hydrogens is 260 g/mol. The van der Waals surface area contributed by atoms with Crippen LogP contribution in [0.1, 0.15) is 5.56 Å². The Hall–Kier alpha value is -1.45. The molecule has 1 fully saturated rings. The van der Waals surface area contributed by atoms with Crippen molar-refractivity contribution in [1.82, 2.24) is 9.88 Å². The third kappa shape index (κ3) is 3.25. The molecule has 5 nitrogen and oxygen atoms in total. The minimum atomic E-state index is 0.478. The first-order valence-corrected chi connectivity index (χ1v) is 6.27. The zero-order chi connectivity index (χ0) is 12.1. The molecule has 1 aliphatic rings. The lowest BCUT2D eigenvalue weighted by Gasteiger charge is -2.16. The van der Waals surface area contributed by atoms with Crippen molar-refractivity contribution in [2.45, 2.75) is 6.54 Å². The summed E-state index contributed by atoms with van der Waals surface area (Å²) in [4.78, 5) is 10.5. The number of nitrogens with zero attached hydrogens (tertiary/aromatic N) is 4. The van der Waals surface area contributed by atoms with Gasteiger partial charge in [0, 0.05) is 25.0 Å². The summed E-state index contributed by atoms with van der Waals surface area (Å²) in [5, 5.41) is 13.2. The number of halogens is 1. The minimum Gasteiger partial charge on any atom is -0.343 e. The lowest BCUT2D eigenvalue weighted by Crippen LogP contribution is -2.23. The summed E-state index contributed by atoms with van der Waals surface area (Å²) in [6.45, 7) is 1.56. The summed E-state index contributed by atoms with van der Waals surface area (Å²) >= 11 is 7.28. The molecule has 0 N–H and O–H groups in total. The van der Waals surface area contributed by atoms with Crippen molar-refractivity contribution in [1.29, 1.82) is 5.26 Å². The number of thioether (sulfide) groups is 1. The molecule has 88 valence electrons. The molecule has 7 heteroatoms. The van der Waals surface area contributed by atoms with Gasteiger partial charge in [0.15, 0.2) is 0 Å². The van der Waals surface area contributed by atoms with E-state index in [1.807, 2.05) is 11.0 Å². The number of amidine groups is 1. The van der Waals surface area contributed by atoms with Gasteiger partial charge < -0.3 is 4.90 Å². The molecule has 0 amide bonds. The maximum Gasteiger partial charge on any atom is 0.316 e. The highest BCUT2D eigenvalue weighted by atomic mass is 35.5. The number of oxime groups is 1. The number of hydrogen-bond donors (Lipinski definition) is 0. The van der Waals surface area contributed by atoms with Crippen LogP contribution < -0.4 is 0 Å². The molecule has 0 radical (unpaired) electrons. The first kappa shape index (κ1) is 12.0. The van der Waals surface area contributed by atoms with Gasteiger partial charge in [-0.2, -0.15) is 0 Å². The normalized spacial score (nSPS) is 17.2. The zero-order valence-electron chi connectivity index (χ0n) is 8.84. The highest BCUT2D eigenvalue weighted by Gasteiger charge is 2.20. The Labute approximate surface area is 108 Å². The van der Waals surface area contributed by atoms with E-state index in [1.165, 1.54) is 6.26 Å². The van der Waals surface area contributed by atoms with Crippen LogP contribution in [0.5, 0.6) is 0 Å². The number of rotatable bonds is 3. The topological polar surface area (TPSA) is 61.5 Å². The van der Waals surface area contributed by atoms with Crippen molar-refractivity contribution in [3.8, 4) is 6.26 Å². The van der Waals surface area contributed by atoms with Gasteiger partial charge in [-0.1, -0.05) is 29.4 Å². The highest BCUT2D eigenvalue weighted by Crippen LogP contribution is 2.20. The molecule has 1 aromatic rings. The Morgan fingerprint density at radius 3 is 3.24 bits per heavy atom. The van der Waals surface area contributed by atoms with Gasteiger partial charge in [0.2, 0.25) is 5.17 Å². The predicted octanol–water partition coefficient (Wildman–Crippen LogP) is 2.05. The monoisotopic (exact) mass is 268 g/mol. The van der Waals surface area contributed by atoms with Crippen LogP contribution in [0.3, 0.4) is 0 Å². The second kappa shape index (κ2) is 5.75. The molecule has 0 aliphatic carbocycles. The molecule has 2 heterocycles. The van der Waals surface area contributed by atoms with E-state index in [0.717, 1.165) is 23.0 Å². The number of hydrogen-bond acceptors (Lipinski definition) is 5. The molecule has 2 rings (SSSR count). The Morgan fingerprint density at radius 2 is 2.53 bits per heavy atom. The fraction of sp³-hybridized carbons (Fsp3) is 0.300. The standard InChI is InChI=1S/C10H9ClN4OS/c11-9-2-1-8(5-13-9)6-15-3-4-17-10(15)14-16-7-12/h1-2,5H,3-4,6H2. The Balaban J connectivity index is 2.03. The van der Waals surface area contributed by atoms with Gasteiger partial charge in [0.1, 0.15) is 5.15 Å². The molecule has 1 aromatic heterocycles. The van der Waals surface area contributed by atoms with Gasteiger partial charge in [0.25, 0.3) is 0 Å². The largest absolute Gasteiger partial charge is 0.343 e. The first-order chi connectivity index (χ1) is 8.29. The molecule has 0 unspecified atom stereocenters. The van der Waals surface area contributed by atoms with E-state index < -0.39 is 0 Å². The summed E-state index contributed by atoms with van der Waals surface area (Å²) in [5.41, 5.74) is 1.04. The Kier molecular flexibility index (Phi) is 4.07. The molecule has 17 heavy (non-hydrogen) atoms. The zero-order valence-corrected chi connectivity index (χ0v) is 10.4. The van der Waals surface area contributed by atoms with Crippen LogP contribution in [-0.4, -0.2) is 27.3 Å². The van der Waals surface area contributed by atoms with Crippen LogP contribution in [-0.2, 0) is 11.4 Å². The maximum atomic E-state index is 8.30. The van der Waals surface area contributed by atoms with Crippen LogP contribution in [0.2, 0.25) is 5.15 Å². The molecule has 0 spiro atoms. The summed E-state index contributed by atoms with van der Waals surface area (Å²) < 4.78 is 0. The average molecular weight is 269 g/mol. The van der Waals surface area contributed by atoms with Crippen LogP contribution in [0.25, 0.3) is 0 Å². The van der Waals surface area contributed by atoms with Gasteiger partial charge in [0.05, 0.1) is 0 Å². The number of pyridine rings is 1. The van der Waals surface area contributed by atoms with E-state index in [0.29, 0.717) is 11.7 Å². The second-order valence-corrected chi connectivity index (χ2v) is 4.76. The minimum absolute atomic E-state index is 0.478. The quantitative estimate of drug-likeness (QED) is 0.477. The van der Waals surface area contributed by atoms with E-state index >= 15 is 0 Å². The molecule has 0 bridgehead atoms. The summed E-state index contributed by atoms with van der Waals surface area (Å²) in [7, 11) is 0. The summed E-state index contributed by atoms with van der Waals surface area (Å²) in [5.74, 6) is 0.939. The van der Waals surface area contributed by atoms with Crippen LogP contribution in [0.4, 0.5) is 0 Å². The van der Waals surface area contributed by atoms with Crippen LogP contribution >= 0.6 is 23.4 Å². The first-order valence-electron chi connectivity index (χ1n) is 4.91. The maximum absolute atomic E-state index is 8.30. The molecule has 0 saturated carbocycles. The van der Waals surface area contributed by atoms with E-state index in [1.54, 1.807) is 24.0 Å². The van der Waals surface area contributed by atoms with Crippen molar-refractivity contribution in [3.05, 3.63) is 29.0 Å². The van der Waals surface area contributed by atoms with Gasteiger partial charge in [-0.15, -0.1) is 5.26 Å². The Morgan fingerprint density at radius 1 is 1.65 bits per heavy atom. The number of nitriles is 1. The fourth-order valence-corrected chi connectivity index (χ4v) is 2.48. The number of aromatic nitrogens is 1. The van der Waals surface area contributed by atoms with E-state index in [9.17, 15) is 0 Å². The van der Waals surface area contributed by atoms with Crippen LogP contribution in [0.15, 0.2) is 23.5 Å². The highest BCUT2D eigenvalue weighted by molar-refractivity contribution is 8.14.